The van der Waals surface area contributed by atoms with Gasteiger partial charge in [-0.3, -0.25) is 9.89 Å². The van der Waals surface area contributed by atoms with Crippen molar-refractivity contribution in [1.29, 1.82) is 0 Å². The number of benzene rings is 1. The summed E-state index contributed by atoms with van der Waals surface area (Å²) in [5.74, 6) is 1.42. The Morgan fingerprint density at radius 1 is 1.36 bits per heavy atom. The summed E-state index contributed by atoms with van der Waals surface area (Å²) in [5.41, 5.74) is 8.93. The standard InChI is InChI=1S/C18H28N4/c1-14(11-20-18(19)21-12-15-5-4-6-15)22-10-9-16-7-2-3-8-17(16)13-22/h2-3,7-8,14-15H,4-6,9-13H2,1H3,(H3,19,20,21). The molecule has 4 nitrogen and oxygen atoms in total. The first-order valence-electron chi connectivity index (χ1n) is 8.57. The van der Waals surface area contributed by atoms with E-state index in [1.165, 1.54) is 30.4 Å². The van der Waals surface area contributed by atoms with E-state index in [1.54, 1.807) is 0 Å². The summed E-state index contributed by atoms with van der Waals surface area (Å²) in [6.45, 7) is 6.15. The number of fused-ring (bicyclic) bond motifs is 1. The zero-order valence-electron chi connectivity index (χ0n) is 13.6. The molecular formula is C18H28N4. The van der Waals surface area contributed by atoms with E-state index in [2.05, 4.69) is 46.4 Å². The van der Waals surface area contributed by atoms with Gasteiger partial charge in [-0.15, -0.1) is 0 Å². The van der Waals surface area contributed by atoms with Crippen LogP contribution in [0.2, 0.25) is 0 Å². The molecule has 1 unspecified atom stereocenters. The Hall–Kier alpha value is -1.55. The molecule has 0 aromatic heterocycles. The minimum Gasteiger partial charge on any atom is -0.370 e. The first-order chi connectivity index (χ1) is 10.7. The highest BCUT2D eigenvalue weighted by Gasteiger charge is 2.20. The summed E-state index contributed by atoms with van der Waals surface area (Å²) < 4.78 is 0. The number of nitrogens with zero attached hydrogens (tertiary/aromatic N) is 2. The molecule has 1 saturated carbocycles. The van der Waals surface area contributed by atoms with Crippen LogP contribution in [0.15, 0.2) is 29.3 Å². The Labute approximate surface area is 133 Å². The van der Waals surface area contributed by atoms with Gasteiger partial charge < -0.3 is 11.1 Å². The van der Waals surface area contributed by atoms with Crippen molar-refractivity contribution < 1.29 is 0 Å². The van der Waals surface area contributed by atoms with Gasteiger partial charge in [0.2, 0.25) is 0 Å². The Morgan fingerprint density at radius 3 is 2.86 bits per heavy atom. The molecule has 4 heteroatoms. The van der Waals surface area contributed by atoms with Crippen LogP contribution >= 0.6 is 0 Å². The van der Waals surface area contributed by atoms with Gasteiger partial charge in [0.25, 0.3) is 0 Å². The number of aliphatic imine (C=N–C) groups is 1. The van der Waals surface area contributed by atoms with Crippen LogP contribution in [0.5, 0.6) is 0 Å². The van der Waals surface area contributed by atoms with Crippen LogP contribution in [0, 0.1) is 5.92 Å². The molecule has 1 aliphatic heterocycles. The molecular weight excluding hydrogens is 272 g/mol. The summed E-state index contributed by atoms with van der Waals surface area (Å²) in [4.78, 5) is 7.03. The molecule has 1 fully saturated rings. The summed E-state index contributed by atoms with van der Waals surface area (Å²) in [6, 6.07) is 9.19. The lowest BCUT2D eigenvalue weighted by molar-refractivity contribution is 0.195. The van der Waals surface area contributed by atoms with Crippen LogP contribution in [0.3, 0.4) is 0 Å². The summed E-state index contributed by atoms with van der Waals surface area (Å²) in [5, 5.41) is 3.27. The van der Waals surface area contributed by atoms with Crippen molar-refractivity contribution in [3.05, 3.63) is 35.4 Å². The number of guanidine groups is 1. The van der Waals surface area contributed by atoms with Gasteiger partial charge >= 0.3 is 0 Å². The number of nitrogens with one attached hydrogen (secondary N) is 1. The first kappa shape index (κ1) is 15.3. The fourth-order valence-corrected chi connectivity index (χ4v) is 3.24. The molecule has 0 amide bonds. The van der Waals surface area contributed by atoms with Crippen LogP contribution in [-0.4, -0.2) is 36.5 Å². The van der Waals surface area contributed by atoms with E-state index in [0.29, 0.717) is 12.0 Å². The number of nitrogens with two attached hydrogens (primary N) is 1. The van der Waals surface area contributed by atoms with Crippen molar-refractivity contribution in [2.24, 2.45) is 16.6 Å². The van der Waals surface area contributed by atoms with Gasteiger partial charge in [0.05, 0.1) is 6.54 Å². The lowest BCUT2D eigenvalue weighted by Crippen LogP contribution is -2.41. The maximum atomic E-state index is 5.98. The summed E-state index contributed by atoms with van der Waals surface area (Å²) >= 11 is 0. The van der Waals surface area contributed by atoms with E-state index in [-0.39, 0.29) is 0 Å². The molecule has 0 radical (unpaired) electrons. The van der Waals surface area contributed by atoms with E-state index in [4.69, 9.17) is 5.73 Å². The fraction of sp³-hybridized carbons (Fsp3) is 0.611. The van der Waals surface area contributed by atoms with Crippen molar-refractivity contribution in [2.45, 2.75) is 45.2 Å². The highest BCUT2D eigenvalue weighted by atomic mass is 15.2. The fourth-order valence-electron chi connectivity index (χ4n) is 3.24. The minimum atomic E-state index is 0.428. The zero-order valence-corrected chi connectivity index (χ0v) is 13.6. The van der Waals surface area contributed by atoms with Crippen molar-refractivity contribution in [3.8, 4) is 0 Å². The number of hydrogen-bond donors (Lipinski definition) is 2. The second-order valence-electron chi connectivity index (χ2n) is 6.74. The van der Waals surface area contributed by atoms with Crippen LogP contribution in [-0.2, 0) is 13.0 Å². The first-order valence-corrected chi connectivity index (χ1v) is 8.57. The molecule has 1 aromatic rings. The zero-order chi connectivity index (χ0) is 15.4. The monoisotopic (exact) mass is 300 g/mol. The van der Waals surface area contributed by atoms with Gasteiger partial charge in [-0.05, 0) is 43.2 Å². The van der Waals surface area contributed by atoms with Gasteiger partial charge in [-0.2, -0.15) is 0 Å². The quantitative estimate of drug-likeness (QED) is 0.647. The molecule has 1 heterocycles. The Bertz CT molecular complexity index is 522. The second kappa shape index (κ2) is 7.14. The molecule has 1 aromatic carbocycles. The van der Waals surface area contributed by atoms with Gasteiger partial charge in [-0.25, -0.2) is 0 Å². The van der Waals surface area contributed by atoms with Gasteiger partial charge in [-0.1, -0.05) is 30.7 Å². The number of hydrogen-bond acceptors (Lipinski definition) is 2. The molecule has 0 spiro atoms. The van der Waals surface area contributed by atoms with Crippen molar-refractivity contribution in [2.75, 3.05) is 19.6 Å². The highest BCUT2D eigenvalue weighted by Crippen LogP contribution is 2.25. The van der Waals surface area contributed by atoms with Crippen molar-refractivity contribution in [3.63, 3.8) is 0 Å². The van der Waals surface area contributed by atoms with Crippen LogP contribution in [0.4, 0.5) is 0 Å². The molecule has 1 atom stereocenters. The highest BCUT2D eigenvalue weighted by molar-refractivity contribution is 5.77. The molecule has 3 rings (SSSR count). The minimum absolute atomic E-state index is 0.428. The average Bonchev–Trinajstić information content (AvgIpc) is 2.50. The largest absolute Gasteiger partial charge is 0.370 e. The van der Waals surface area contributed by atoms with Crippen LogP contribution in [0.25, 0.3) is 0 Å². The molecule has 0 saturated heterocycles. The smallest absolute Gasteiger partial charge is 0.188 e. The maximum Gasteiger partial charge on any atom is 0.188 e. The normalized spacial score (nSPS) is 21.0. The lowest BCUT2D eigenvalue weighted by Gasteiger charge is -2.33. The lowest BCUT2D eigenvalue weighted by atomic mass is 9.85. The Morgan fingerprint density at radius 2 is 2.14 bits per heavy atom. The Balaban J connectivity index is 1.46. The third kappa shape index (κ3) is 3.80. The van der Waals surface area contributed by atoms with E-state index in [1.807, 2.05) is 0 Å². The molecule has 1 aliphatic carbocycles. The molecule has 120 valence electrons. The van der Waals surface area contributed by atoms with E-state index < -0.39 is 0 Å². The predicted octanol–water partition coefficient (Wildman–Crippen LogP) is 2.14. The van der Waals surface area contributed by atoms with Crippen molar-refractivity contribution >= 4 is 5.96 Å². The molecule has 2 aliphatic rings. The summed E-state index contributed by atoms with van der Waals surface area (Å²) in [7, 11) is 0. The van der Waals surface area contributed by atoms with E-state index in [0.717, 1.165) is 38.5 Å². The van der Waals surface area contributed by atoms with E-state index in [9.17, 15) is 0 Å². The average molecular weight is 300 g/mol. The number of rotatable bonds is 5. The molecule has 22 heavy (non-hydrogen) atoms. The molecule has 0 bridgehead atoms. The second-order valence-corrected chi connectivity index (χ2v) is 6.74. The maximum absolute atomic E-state index is 5.98. The van der Waals surface area contributed by atoms with Crippen molar-refractivity contribution in [1.82, 2.24) is 10.2 Å². The van der Waals surface area contributed by atoms with Crippen LogP contribution in [0.1, 0.15) is 37.3 Å². The van der Waals surface area contributed by atoms with Gasteiger partial charge in [0.15, 0.2) is 5.96 Å². The van der Waals surface area contributed by atoms with Gasteiger partial charge in [0.1, 0.15) is 0 Å². The molecule has 3 N–H and O–H groups in total. The van der Waals surface area contributed by atoms with Crippen LogP contribution < -0.4 is 11.1 Å². The third-order valence-corrected chi connectivity index (χ3v) is 5.11. The van der Waals surface area contributed by atoms with E-state index >= 15 is 0 Å². The van der Waals surface area contributed by atoms with Gasteiger partial charge in [0, 0.05) is 25.7 Å². The summed E-state index contributed by atoms with van der Waals surface area (Å²) in [6.07, 6.45) is 5.18. The third-order valence-electron chi connectivity index (χ3n) is 5.11. The Kier molecular flexibility index (Phi) is 4.98. The topological polar surface area (TPSA) is 53.6 Å². The predicted molar refractivity (Wildman–Crippen MR) is 91.9 cm³/mol. The SMILES string of the molecule is CC(CN=C(N)NCC1CCC1)N1CCc2ccccc2C1.